The molecule has 0 radical (unpaired) electrons. The van der Waals surface area contributed by atoms with Crippen LogP contribution in [0.4, 0.5) is 5.69 Å². The molecule has 0 unspecified atom stereocenters. The summed E-state index contributed by atoms with van der Waals surface area (Å²) in [4.78, 5) is 38.8. The Hall–Kier alpha value is -2.02. The lowest BCUT2D eigenvalue weighted by molar-refractivity contribution is -0.158. The van der Waals surface area contributed by atoms with Crippen LogP contribution in [0.15, 0.2) is 29.2 Å². The highest BCUT2D eigenvalue weighted by Gasteiger charge is 2.37. The quantitative estimate of drug-likeness (QED) is 0.626. The van der Waals surface area contributed by atoms with E-state index in [9.17, 15) is 14.4 Å². The number of nitrogens with zero attached hydrogens (tertiary/aromatic N) is 1. The monoisotopic (exact) mass is 350 g/mol. The van der Waals surface area contributed by atoms with Gasteiger partial charge in [0, 0.05) is 30.1 Å². The van der Waals surface area contributed by atoms with Crippen molar-refractivity contribution < 1.29 is 19.1 Å². The summed E-state index contributed by atoms with van der Waals surface area (Å²) in [7, 11) is 0. The van der Waals surface area contributed by atoms with Gasteiger partial charge in [-0.25, -0.2) is 0 Å². The van der Waals surface area contributed by atoms with Crippen LogP contribution in [-0.2, 0) is 19.1 Å². The van der Waals surface area contributed by atoms with Crippen molar-refractivity contribution in [2.45, 2.75) is 31.3 Å². The van der Waals surface area contributed by atoms with E-state index < -0.39 is 18.0 Å². The van der Waals surface area contributed by atoms with E-state index in [1.165, 1.54) is 6.92 Å². The Labute approximate surface area is 145 Å². The van der Waals surface area contributed by atoms with Gasteiger partial charge >= 0.3 is 5.97 Å². The molecule has 1 saturated heterocycles. The van der Waals surface area contributed by atoms with Crippen molar-refractivity contribution in [1.82, 2.24) is 5.32 Å². The van der Waals surface area contributed by atoms with E-state index in [2.05, 4.69) is 5.32 Å². The Balaban J connectivity index is 2.00. The zero-order valence-corrected chi connectivity index (χ0v) is 14.9. The molecule has 1 heterocycles. The summed E-state index contributed by atoms with van der Waals surface area (Å²) >= 11 is 1.59. The molecule has 1 aliphatic rings. The number of rotatable bonds is 6. The van der Waals surface area contributed by atoms with Gasteiger partial charge in [-0.1, -0.05) is 6.07 Å². The Bertz CT molecular complexity index is 635. The predicted molar refractivity (Wildman–Crippen MR) is 92.9 cm³/mol. The largest absolute Gasteiger partial charge is 0.452 e. The maximum absolute atomic E-state index is 12.2. The number of hydrogen-bond acceptors (Lipinski definition) is 5. The highest BCUT2D eigenvalue weighted by atomic mass is 32.2. The molecule has 130 valence electrons. The van der Waals surface area contributed by atoms with Crippen LogP contribution in [-0.4, -0.2) is 43.2 Å². The average molecular weight is 350 g/mol. The number of carbonyl (C=O) groups is 3. The first-order chi connectivity index (χ1) is 11.5. The number of nitrogens with one attached hydrogen (secondary N) is 1. The number of carbonyl (C=O) groups excluding carboxylic acids is 3. The molecule has 24 heavy (non-hydrogen) atoms. The highest BCUT2D eigenvalue weighted by Crippen LogP contribution is 2.28. The van der Waals surface area contributed by atoms with E-state index in [1.54, 1.807) is 23.6 Å². The minimum absolute atomic E-state index is 0.102. The van der Waals surface area contributed by atoms with Gasteiger partial charge in [0.1, 0.15) is 0 Å². The molecule has 1 fully saturated rings. The van der Waals surface area contributed by atoms with Crippen LogP contribution in [0.3, 0.4) is 0 Å². The van der Waals surface area contributed by atoms with Crippen molar-refractivity contribution in [3.63, 3.8) is 0 Å². The second-order valence-corrected chi connectivity index (χ2v) is 6.46. The molecule has 6 nitrogen and oxygen atoms in total. The topological polar surface area (TPSA) is 75.7 Å². The smallest absolute Gasteiger partial charge is 0.312 e. The van der Waals surface area contributed by atoms with Crippen LogP contribution in [0.5, 0.6) is 0 Å². The second-order valence-electron chi connectivity index (χ2n) is 5.58. The van der Waals surface area contributed by atoms with Gasteiger partial charge in [0.25, 0.3) is 5.91 Å². The minimum atomic E-state index is -0.860. The van der Waals surface area contributed by atoms with Gasteiger partial charge in [-0.15, -0.1) is 11.8 Å². The number of thioether (sulfide) groups is 1. The zero-order valence-electron chi connectivity index (χ0n) is 14.1. The van der Waals surface area contributed by atoms with Crippen molar-refractivity contribution in [3.05, 3.63) is 24.3 Å². The fourth-order valence-electron chi connectivity index (χ4n) is 2.54. The van der Waals surface area contributed by atoms with E-state index in [0.29, 0.717) is 6.54 Å². The molecule has 0 aromatic heterocycles. The Kier molecular flexibility index (Phi) is 6.25. The van der Waals surface area contributed by atoms with Gasteiger partial charge in [-0.2, -0.15) is 0 Å². The number of likely N-dealkylation sites (N-methyl/N-ethyl adjacent to an activating group) is 1. The van der Waals surface area contributed by atoms with Gasteiger partial charge in [-0.3, -0.25) is 14.4 Å². The lowest BCUT2D eigenvalue weighted by atomic mass is 10.1. The molecule has 0 spiro atoms. The van der Waals surface area contributed by atoms with E-state index in [0.717, 1.165) is 10.6 Å². The number of esters is 1. The zero-order chi connectivity index (χ0) is 17.7. The van der Waals surface area contributed by atoms with Crippen LogP contribution < -0.4 is 10.2 Å². The molecule has 1 aliphatic heterocycles. The summed E-state index contributed by atoms with van der Waals surface area (Å²) in [6, 6.07) is 7.63. The summed E-state index contributed by atoms with van der Waals surface area (Å²) in [6.07, 6.45) is 1.21. The van der Waals surface area contributed by atoms with Gasteiger partial charge in [-0.05, 0) is 38.3 Å². The Morgan fingerprint density at radius 1 is 1.46 bits per heavy atom. The third-order valence-electron chi connectivity index (χ3n) is 3.84. The van der Waals surface area contributed by atoms with E-state index >= 15 is 0 Å². The Morgan fingerprint density at radius 3 is 2.88 bits per heavy atom. The Morgan fingerprint density at radius 2 is 2.21 bits per heavy atom. The number of ether oxygens (including phenoxy) is 1. The van der Waals surface area contributed by atoms with Gasteiger partial charge < -0.3 is 15.0 Å². The SMILES string of the molecule is CCNC(=O)[C@H](C)OC(=O)[C@H]1CC(=O)N(c2cccc(SC)c2)C1. The molecule has 1 N–H and O–H groups in total. The average Bonchev–Trinajstić information content (AvgIpc) is 2.97. The molecular formula is C17H22N2O4S. The third kappa shape index (κ3) is 4.29. The number of anilines is 1. The van der Waals surface area contributed by atoms with Gasteiger partial charge in [0.15, 0.2) is 6.10 Å². The first kappa shape index (κ1) is 18.3. The predicted octanol–water partition coefficient (Wildman–Crippen LogP) is 1.83. The molecule has 0 bridgehead atoms. The van der Waals surface area contributed by atoms with Crippen molar-refractivity contribution in [1.29, 1.82) is 0 Å². The van der Waals surface area contributed by atoms with Crippen LogP contribution in [0.25, 0.3) is 0 Å². The number of benzene rings is 1. The number of amides is 2. The molecule has 2 amide bonds. The van der Waals surface area contributed by atoms with Crippen LogP contribution in [0.1, 0.15) is 20.3 Å². The van der Waals surface area contributed by atoms with Crippen molar-refractivity contribution >= 4 is 35.2 Å². The standard InChI is InChI=1S/C17H22N2O4S/c1-4-18-16(21)11(2)23-17(22)12-8-15(20)19(10-12)13-6-5-7-14(9-13)24-3/h5-7,9,11-12H,4,8,10H2,1-3H3,(H,18,21)/t11-,12-/m0/s1. The van der Waals surface area contributed by atoms with E-state index in [1.807, 2.05) is 30.5 Å². The molecule has 1 aromatic rings. The minimum Gasteiger partial charge on any atom is -0.452 e. The van der Waals surface area contributed by atoms with Gasteiger partial charge in [0.2, 0.25) is 5.91 Å². The van der Waals surface area contributed by atoms with Crippen LogP contribution >= 0.6 is 11.8 Å². The summed E-state index contributed by atoms with van der Waals surface area (Å²) in [5.74, 6) is -1.50. The van der Waals surface area contributed by atoms with Crippen LogP contribution in [0.2, 0.25) is 0 Å². The molecule has 2 rings (SSSR count). The fraction of sp³-hybridized carbons (Fsp3) is 0.471. The van der Waals surface area contributed by atoms with Crippen molar-refractivity contribution in [2.24, 2.45) is 5.92 Å². The summed E-state index contributed by atoms with van der Waals surface area (Å²) < 4.78 is 5.19. The molecule has 1 aromatic carbocycles. The molecular weight excluding hydrogens is 328 g/mol. The van der Waals surface area contributed by atoms with E-state index in [4.69, 9.17) is 4.74 Å². The molecule has 0 aliphatic carbocycles. The summed E-state index contributed by atoms with van der Waals surface area (Å²) in [5.41, 5.74) is 0.777. The van der Waals surface area contributed by atoms with Crippen molar-refractivity contribution in [2.75, 3.05) is 24.2 Å². The first-order valence-electron chi connectivity index (χ1n) is 7.88. The van der Waals surface area contributed by atoms with Crippen LogP contribution in [0, 0.1) is 5.92 Å². The van der Waals surface area contributed by atoms with Gasteiger partial charge in [0.05, 0.1) is 5.92 Å². The first-order valence-corrected chi connectivity index (χ1v) is 9.11. The maximum Gasteiger partial charge on any atom is 0.312 e. The fourth-order valence-corrected chi connectivity index (χ4v) is 2.99. The normalized spacial score (nSPS) is 18.4. The van der Waals surface area contributed by atoms with Crippen molar-refractivity contribution in [3.8, 4) is 0 Å². The lowest BCUT2D eigenvalue weighted by Gasteiger charge is -2.18. The third-order valence-corrected chi connectivity index (χ3v) is 4.56. The molecule has 7 heteroatoms. The maximum atomic E-state index is 12.2. The lowest BCUT2D eigenvalue weighted by Crippen LogP contribution is -2.37. The summed E-state index contributed by atoms with van der Waals surface area (Å²) in [5, 5.41) is 2.60. The molecule has 0 saturated carbocycles. The highest BCUT2D eigenvalue weighted by molar-refractivity contribution is 7.98. The summed E-state index contributed by atoms with van der Waals surface area (Å²) in [6.45, 7) is 4.07. The molecule has 2 atom stereocenters. The van der Waals surface area contributed by atoms with E-state index in [-0.39, 0.29) is 24.8 Å². The number of hydrogen-bond donors (Lipinski definition) is 1. The second kappa shape index (κ2) is 8.19.